The zero-order valence-corrected chi connectivity index (χ0v) is 12.8. The number of sulfonamides is 1. The van der Waals surface area contributed by atoms with Crippen LogP contribution in [0.2, 0.25) is 0 Å². The van der Waals surface area contributed by atoms with Gasteiger partial charge in [-0.15, -0.1) is 0 Å². The summed E-state index contributed by atoms with van der Waals surface area (Å²) in [6.45, 7) is 0. The number of hydrogen-bond donors (Lipinski definition) is 1. The lowest BCUT2D eigenvalue weighted by Crippen LogP contribution is -2.13. The minimum atomic E-state index is -3.67. The summed E-state index contributed by atoms with van der Waals surface area (Å²) in [5.41, 5.74) is 0.556. The van der Waals surface area contributed by atoms with Crippen LogP contribution < -0.4 is 9.46 Å². The van der Waals surface area contributed by atoms with Gasteiger partial charge in [-0.3, -0.25) is 4.72 Å². The van der Waals surface area contributed by atoms with Crippen LogP contribution in [-0.4, -0.2) is 15.5 Å². The Morgan fingerprint density at radius 3 is 2.45 bits per heavy atom. The van der Waals surface area contributed by atoms with Gasteiger partial charge in [0.15, 0.2) is 0 Å². The highest BCUT2D eigenvalue weighted by Gasteiger charge is 2.16. The second-order valence-corrected chi connectivity index (χ2v) is 6.49. The molecule has 0 unspecified atom stereocenters. The highest BCUT2D eigenvalue weighted by atomic mass is 32.2. The monoisotopic (exact) mass is 313 g/mol. The van der Waals surface area contributed by atoms with Crippen molar-refractivity contribution in [1.82, 2.24) is 0 Å². The molecule has 0 saturated heterocycles. The van der Waals surface area contributed by atoms with Gasteiger partial charge in [-0.25, -0.2) is 8.42 Å². The van der Waals surface area contributed by atoms with Crippen molar-refractivity contribution in [2.45, 2.75) is 4.90 Å². The van der Waals surface area contributed by atoms with Crippen molar-refractivity contribution in [2.75, 3.05) is 11.8 Å². The lowest BCUT2D eigenvalue weighted by atomic mass is 10.1. The number of ether oxygens (including phenoxy) is 1. The van der Waals surface area contributed by atoms with E-state index in [1.807, 2.05) is 36.4 Å². The van der Waals surface area contributed by atoms with Crippen LogP contribution in [0.5, 0.6) is 5.75 Å². The Balaban J connectivity index is 2.03. The molecule has 1 N–H and O–H groups in total. The Labute approximate surface area is 129 Å². The Morgan fingerprint density at radius 2 is 1.64 bits per heavy atom. The summed E-state index contributed by atoms with van der Waals surface area (Å²) in [6, 6.07) is 19.5. The van der Waals surface area contributed by atoms with Crippen molar-refractivity contribution >= 4 is 26.5 Å². The normalized spacial score (nSPS) is 11.3. The summed E-state index contributed by atoms with van der Waals surface area (Å²) >= 11 is 0. The molecule has 0 atom stereocenters. The SMILES string of the molecule is COc1cccc(S(=O)(=O)Nc2cccc3ccccc23)c1. The van der Waals surface area contributed by atoms with Gasteiger partial charge >= 0.3 is 0 Å². The van der Waals surface area contributed by atoms with E-state index >= 15 is 0 Å². The fourth-order valence-corrected chi connectivity index (χ4v) is 3.40. The van der Waals surface area contributed by atoms with Gasteiger partial charge in [0, 0.05) is 11.5 Å². The Morgan fingerprint density at radius 1 is 0.909 bits per heavy atom. The Kier molecular flexibility index (Phi) is 3.73. The van der Waals surface area contributed by atoms with Crippen LogP contribution in [0.15, 0.2) is 71.6 Å². The van der Waals surface area contributed by atoms with Crippen molar-refractivity contribution in [3.8, 4) is 5.75 Å². The topological polar surface area (TPSA) is 55.4 Å². The van der Waals surface area contributed by atoms with Crippen molar-refractivity contribution in [3.05, 3.63) is 66.7 Å². The lowest BCUT2D eigenvalue weighted by Gasteiger charge is -2.11. The zero-order chi connectivity index (χ0) is 15.6. The van der Waals surface area contributed by atoms with Crippen LogP contribution in [0.4, 0.5) is 5.69 Å². The van der Waals surface area contributed by atoms with Gasteiger partial charge < -0.3 is 4.74 Å². The van der Waals surface area contributed by atoms with Crippen molar-refractivity contribution in [1.29, 1.82) is 0 Å². The van der Waals surface area contributed by atoms with Crippen molar-refractivity contribution in [3.63, 3.8) is 0 Å². The summed E-state index contributed by atoms with van der Waals surface area (Å²) in [5.74, 6) is 0.501. The van der Waals surface area contributed by atoms with Gasteiger partial charge in [-0.1, -0.05) is 42.5 Å². The predicted molar refractivity (Wildman–Crippen MR) is 87.8 cm³/mol. The molecule has 3 aromatic rings. The molecule has 0 aliphatic carbocycles. The maximum absolute atomic E-state index is 12.5. The van der Waals surface area contributed by atoms with E-state index in [1.54, 1.807) is 18.2 Å². The molecular formula is C17H15NO3S. The number of fused-ring (bicyclic) bond motifs is 1. The predicted octanol–water partition coefficient (Wildman–Crippen LogP) is 3.65. The minimum absolute atomic E-state index is 0.166. The van der Waals surface area contributed by atoms with E-state index in [0.29, 0.717) is 11.4 Å². The average molecular weight is 313 g/mol. The summed E-state index contributed by atoms with van der Waals surface area (Å²) < 4.78 is 32.8. The molecule has 0 bridgehead atoms. The molecule has 112 valence electrons. The van der Waals surface area contributed by atoms with Crippen LogP contribution >= 0.6 is 0 Å². The van der Waals surface area contributed by atoms with Crippen LogP contribution in [0.25, 0.3) is 10.8 Å². The minimum Gasteiger partial charge on any atom is -0.497 e. The van der Waals surface area contributed by atoms with Gasteiger partial charge in [-0.2, -0.15) is 0 Å². The molecule has 0 heterocycles. The molecule has 0 amide bonds. The summed E-state index contributed by atoms with van der Waals surface area (Å²) in [7, 11) is -2.16. The molecule has 0 aliphatic heterocycles. The van der Waals surface area contributed by atoms with Crippen molar-refractivity contribution in [2.24, 2.45) is 0 Å². The zero-order valence-electron chi connectivity index (χ0n) is 12.0. The van der Waals surface area contributed by atoms with E-state index < -0.39 is 10.0 Å². The number of rotatable bonds is 4. The third kappa shape index (κ3) is 2.76. The van der Waals surface area contributed by atoms with Gasteiger partial charge in [0.25, 0.3) is 10.0 Å². The van der Waals surface area contributed by atoms with E-state index in [9.17, 15) is 8.42 Å². The number of anilines is 1. The quantitative estimate of drug-likeness (QED) is 0.800. The van der Waals surface area contributed by atoms with E-state index in [-0.39, 0.29) is 4.90 Å². The summed E-state index contributed by atoms with van der Waals surface area (Å²) in [4.78, 5) is 0.166. The first-order chi connectivity index (χ1) is 10.6. The largest absolute Gasteiger partial charge is 0.497 e. The summed E-state index contributed by atoms with van der Waals surface area (Å²) in [6.07, 6.45) is 0. The van der Waals surface area contributed by atoms with Gasteiger partial charge in [0.05, 0.1) is 17.7 Å². The molecule has 0 radical (unpaired) electrons. The number of methoxy groups -OCH3 is 1. The molecule has 0 aromatic heterocycles. The van der Waals surface area contributed by atoms with Crippen LogP contribution in [-0.2, 0) is 10.0 Å². The molecule has 0 spiro atoms. The van der Waals surface area contributed by atoms with Crippen molar-refractivity contribution < 1.29 is 13.2 Å². The Bertz CT molecular complexity index is 915. The molecule has 22 heavy (non-hydrogen) atoms. The fourth-order valence-electron chi connectivity index (χ4n) is 2.29. The van der Waals surface area contributed by atoms with Crippen LogP contribution in [0.1, 0.15) is 0 Å². The second-order valence-electron chi connectivity index (χ2n) is 4.81. The van der Waals surface area contributed by atoms with Crippen LogP contribution in [0, 0.1) is 0 Å². The van der Waals surface area contributed by atoms with E-state index in [1.165, 1.54) is 19.2 Å². The molecule has 0 aliphatic rings. The highest BCUT2D eigenvalue weighted by Crippen LogP contribution is 2.26. The molecule has 3 aromatic carbocycles. The number of nitrogens with one attached hydrogen (secondary N) is 1. The first-order valence-corrected chi connectivity index (χ1v) is 8.23. The second kappa shape index (κ2) is 5.69. The smallest absolute Gasteiger partial charge is 0.262 e. The van der Waals surface area contributed by atoms with E-state index in [2.05, 4.69) is 4.72 Å². The molecular weight excluding hydrogens is 298 g/mol. The molecule has 3 rings (SSSR count). The Hall–Kier alpha value is -2.53. The molecule has 5 heteroatoms. The van der Waals surface area contributed by atoms with E-state index in [0.717, 1.165) is 10.8 Å². The van der Waals surface area contributed by atoms with Gasteiger partial charge in [-0.05, 0) is 23.6 Å². The standard InChI is InChI=1S/C17H15NO3S/c1-21-14-8-5-9-15(12-14)22(19,20)18-17-11-4-7-13-6-2-3-10-16(13)17/h2-12,18H,1H3. The maximum Gasteiger partial charge on any atom is 0.262 e. The van der Waals surface area contributed by atoms with Crippen LogP contribution in [0.3, 0.4) is 0 Å². The number of benzene rings is 3. The van der Waals surface area contributed by atoms with E-state index in [4.69, 9.17) is 4.74 Å². The number of hydrogen-bond acceptors (Lipinski definition) is 3. The molecule has 4 nitrogen and oxygen atoms in total. The maximum atomic E-state index is 12.5. The molecule has 0 fully saturated rings. The fraction of sp³-hybridized carbons (Fsp3) is 0.0588. The van der Waals surface area contributed by atoms with Gasteiger partial charge in [0.1, 0.15) is 5.75 Å². The van der Waals surface area contributed by atoms with Gasteiger partial charge in [0.2, 0.25) is 0 Å². The average Bonchev–Trinajstić information content (AvgIpc) is 2.55. The first-order valence-electron chi connectivity index (χ1n) is 6.75. The summed E-state index contributed by atoms with van der Waals surface area (Å²) in [5, 5.41) is 1.84. The molecule has 0 saturated carbocycles. The highest BCUT2D eigenvalue weighted by molar-refractivity contribution is 7.92. The third-order valence-electron chi connectivity index (χ3n) is 3.39. The first kappa shape index (κ1) is 14.4. The lowest BCUT2D eigenvalue weighted by molar-refractivity contribution is 0.413. The third-order valence-corrected chi connectivity index (χ3v) is 4.75.